The standard InChI is InChI=1S/C33H29FN2O/c1-23(29-20-28(34)19-24-17-18-31(37)32(24)29)30-21-36(22-35-30)33(25-11-5-2-6-12-25,26-13-7-3-8-14-26)27-15-9-4-10-16-27/h2-16,19-23,31,37H,17-18H2,1H3. The summed E-state index contributed by atoms with van der Waals surface area (Å²) < 4.78 is 16.8. The molecule has 1 N–H and O–H groups in total. The molecule has 2 unspecified atom stereocenters. The molecule has 4 heteroatoms. The van der Waals surface area contributed by atoms with Crippen molar-refractivity contribution in [2.45, 2.75) is 37.3 Å². The smallest absolute Gasteiger partial charge is 0.123 e. The Kier molecular flexibility index (Phi) is 5.97. The average molecular weight is 489 g/mol. The van der Waals surface area contributed by atoms with Gasteiger partial charge >= 0.3 is 0 Å². The third-order valence-electron chi connectivity index (χ3n) is 7.76. The quantitative estimate of drug-likeness (QED) is 0.262. The minimum atomic E-state index is -0.655. The van der Waals surface area contributed by atoms with Gasteiger partial charge in [0.25, 0.3) is 0 Å². The molecule has 2 atom stereocenters. The maximum absolute atomic E-state index is 14.6. The van der Waals surface area contributed by atoms with Gasteiger partial charge in [0.2, 0.25) is 0 Å². The molecule has 0 fully saturated rings. The summed E-state index contributed by atoms with van der Waals surface area (Å²) >= 11 is 0. The lowest BCUT2D eigenvalue weighted by Crippen LogP contribution is -2.37. The SMILES string of the molecule is CC(c1cn(C(c2ccccc2)(c2ccccc2)c2ccccc2)cn1)c1cc(F)cc2c1C(O)CC2. The van der Waals surface area contributed by atoms with Gasteiger partial charge in [-0.15, -0.1) is 0 Å². The Balaban J connectivity index is 1.56. The van der Waals surface area contributed by atoms with Crippen molar-refractivity contribution < 1.29 is 9.50 Å². The van der Waals surface area contributed by atoms with E-state index in [9.17, 15) is 9.50 Å². The molecule has 0 saturated heterocycles. The first-order valence-corrected chi connectivity index (χ1v) is 12.8. The summed E-state index contributed by atoms with van der Waals surface area (Å²) in [5, 5.41) is 10.7. The number of nitrogens with zero attached hydrogens (tertiary/aromatic N) is 2. The highest BCUT2D eigenvalue weighted by atomic mass is 19.1. The molecule has 0 radical (unpaired) electrons. The van der Waals surface area contributed by atoms with Gasteiger partial charge in [0.05, 0.1) is 18.1 Å². The molecule has 1 aromatic heterocycles. The Morgan fingerprint density at radius 2 is 1.41 bits per heavy atom. The first kappa shape index (κ1) is 23.4. The Bertz CT molecular complexity index is 1420. The zero-order chi connectivity index (χ0) is 25.4. The fraction of sp³-hybridized carbons (Fsp3) is 0.182. The van der Waals surface area contributed by atoms with E-state index in [4.69, 9.17) is 4.98 Å². The van der Waals surface area contributed by atoms with Gasteiger partial charge in [-0.3, -0.25) is 0 Å². The van der Waals surface area contributed by atoms with Crippen LogP contribution >= 0.6 is 0 Å². The summed E-state index contributed by atoms with van der Waals surface area (Å²) in [4.78, 5) is 4.87. The normalized spacial score (nSPS) is 15.9. The minimum Gasteiger partial charge on any atom is -0.388 e. The number of aliphatic hydroxyl groups is 1. The van der Waals surface area contributed by atoms with E-state index in [0.717, 1.165) is 39.1 Å². The predicted octanol–water partition coefficient (Wildman–Crippen LogP) is 6.99. The molecule has 37 heavy (non-hydrogen) atoms. The van der Waals surface area contributed by atoms with Crippen molar-refractivity contribution in [3.05, 3.63) is 161 Å². The number of rotatable bonds is 6. The summed E-state index contributed by atoms with van der Waals surface area (Å²) in [5.74, 6) is -0.445. The average Bonchev–Trinajstić information content (AvgIpc) is 3.58. The molecule has 1 heterocycles. The number of hydrogen-bond acceptors (Lipinski definition) is 2. The van der Waals surface area contributed by atoms with Crippen molar-refractivity contribution >= 4 is 0 Å². The van der Waals surface area contributed by atoms with Crippen LogP contribution in [-0.2, 0) is 12.0 Å². The number of fused-ring (bicyclic) bond motifs is 1. The van der Waals surface area contributed by atoms with Crippen molar-refractivity contribution in [3.63, 3.8) is 0 Å². The van der Waals surface area contributed by atoms with Crippen LogP contribution in [0, 0.1) is 5.82 Å². The second-order valence-electron chi connectivity index (χ2n) is 9.86. The zero-order valence-electron chi connectivity index (χ0n) is 20.8. The molecular weight excluding hydrogens is 459 g/mol. The number of halogens is 1. The topological polar surface area (TPSA) is 38.0 Å². The van der Waals surface area contributed by atoms with Crippen LogP contribution in [0.25, 0.3) is 0 Å². The van der Waals surface area contributed by atoms with Crippen LogP contribution in [0.15, 0.2) is 116 Å². The summed E-state index contributed by atoms with van der Waals surface area (Å²) in [7, 11) is 0. The second-order valence-corrected chi connectivity index (χ2v) is 9.86. The maximum atomic E-state index is 14.6. The molecular formula is C33H29FN2O. The number of imidazole rings is 1. The number of aliphatic hydroxyl groups excluding tert-OH is 1. The number of aromatic nitrogens is 2. The van der Waals surface area contributed by atoms with Crippen LogP contribution in [-0.4, -0.2) is 14.7 Å². The van der Waals surface area contributed by atoms with Crippen LogP contribution < -0.4 is 0 Å². The molecule has 0 spiro atoms. The van der Waals surface area contributed by atoms with E-state index in [2.05, 4.69) is 83.6 Å². The Hall–Kier alpha value is -4.02. The highest BCUT2D eigenvalue weighted by molar-refractivity contribution is 5.51. The van der Waals surface area contributed by atoms with Crippen LogP contribution in [0.1, 0.15) is 64.4 Å². The van der Waals surface area contributed by atoms with Crippen molar-refractivity contribution in [1.82, 2.24) is 9.55 Å². The highest BCUT2D eigenvalue weighted by Crippen LogP contribution is 2.43. The monoisotopic (exact) mass is 488 g/mol. The van der Waals surface area contributed by atoms with Gasteiger partial charge in [-0.05, 0) is 58.4 Å². The third kappa shape index (κ3) is 3.89. The molecule has 4 aromatic carbocycles. The van der Waals surface area contributed by atoms with Gasteiger partial charge in [0, 0.05) is 12.1 Å². The Labute approximate surface area is 216 Å². The molecule has 184 valence electrons. The molecule has 6 rings (SSSR count). The lowest BCUT2D eigenvalue weighted by molar-refractivity contribution is 0.179. The van der Waals surface area contributed by atoms with E-state index in [0.29, 0.717) is 12.8 Å². The van der Waals surface area contributed by atoms with Gasteiger partial charge in [0.1, 0.15) is 11.4 Å². The van der Waals surface area contributed by atoms with E-state index in [1.807, 2.05) is 31.5 Å². The maximum Gasteiger partial charge on any atom is 0.123 e. The van der Waals surface area contributed by atoms with Gasteiger partial charge in [-0.2, -0.15) is 0 Å². The van der Waals surface area contributed by atoms with Gasteiger partial charge in [0.15, 0.2) is 0 Å². The minimum absolute atomic E-state index is 0.182. The van der Waals surface area contributed by atoms with E-state index in [1.54, 1.807) is 12.1 Å². The molecule has 5 aromatic rings. The number of benzene rings is 4. The van der Waals surface area contributed by atoms with Crippen LogP contribution in [0.4, 0.5) is 4.39 Å². The van der Waals surface area contributed by atoms with E-state index < -0.39 is 11.6 Å². The fourth-order valence-electron chi connectivity index (χ4n) is 6.00. The van der Waals surface area contributed by atoms with Crippen molar-refractivity contribution in [3.8, 4) is 0 Å². The fourth-order valence-corrected chi connectivity index (χ4v) is 6.00. The molecule has 1 aliphatic rings. The van der Waals surface area contributed by atoms with Crippen molar-refractivity contribution in [1.29, 1.82) is 0 Å². The summed E-state index contributed by atoms with van der Waals surface area (Å²) in [6, 6.07) is 34.5. The molecule has 1 aliphatic carbocycles. The summed E-state index contributed by atoms with van der Waals surface area (Å²) in [6.45, 7) is 2.04. The summed E-state index contributed by atoms with van der Waals surface area (Å²) in [5.41, 5.74) is 6.11. The van der Waals surface area contributed by atoms with Gasteiger partial charge < -0.3 is 9.67 Å². The largest absolute Gasteiger partial charge is 0.388 e. The third-order valence-corrected chi connectivity index (χ3v) is 7.76. The molecule has 0 aliphatic heterocycles. The highest BCUT2D eigenvalue weighted by Gasteiger charge is 2.39. The van der Waals surface area contributed by atoms with Crippen LogP contribution in [0.3, 0.4) is 0 Å². The molecule has 0 saturated carbocycles. The van der Waals surface area contributed by atoms with Crippen LogP contribution in [0.5, 0.6) is 0 Å². The first-order chi connectivity index (χ1) is 18.1. The predicted molar refractivity (Wildman–Crippen MR) is 144 cm³/mol. The number of hydrogen-bond donors (Lipinski definition) is 1. The zero-order valence-corrected chi connectivity index (χ0v) is 20.8. The van der Waals surface area contributed by atoms with E-state index in [1.165, 1.54) is 0 Å². The van der Waals surface area contributed by atoms with Crippen molar-refractivity contribution in [2.75, 3.05) is 0 Å². The van der Waals surface area contributed by atoms with Gasteiger partial charge in [-0.1, -0.05) is 97.9 Å². The second kappa shape index (κ2) is 9.45. The Morgan fingerprint density at radius 1 is 0.865 bits per heavy atom. The number of aryl methyl sites for hydroxylation is 1. The lowest BCUT2D eigenvalue weighted by Gasteiger charge is -2.37. The first-order valence-electron chi connectivity index (χ1n) is 12.8. The van der Waals surface area contributed by atoms with E-state index >= 15 is 0 Å². The van der Waals surface area contributed by atoms with Gasteiger partial charge in [-0.25, -0.2) is 9.37 Å². The molecule has 3 nitrogen and oxygen atoms in total. The Morgan fingerprint density at radius 3 is 1.95 bits per heavy atom. The van der Waals surface area contributed by atoms with Crippen LogP contribution in [0.2, 0.25) is 0 Å². The van der Waals surface area contributed by atoms with Crippen molar-refractivity contribution in [2.24, 2.45) is 0 Å². The molecule has 0 amide bonds. The summed E-state index contributed by atoms with van der Waals surface area (Å²) in [6.07, 6.45) is 4.73. The lowest BCUT2D eigenvalue weighted by atomic mass is 9.76. The van der Waals surface area contributed by atoms with E-state index in [-0.39, 0.29) is 11.7 Å². The molecule has 0 bridgehead atoms.